The first kappa shape index (κ1) is 24.2. The van der Waals surface area contributed by atoms with Crippen LogP contribution in [0.25, 0.3) is 0 Å². The van der Waals surface area contributed by atoms with Gasteiger partial charge in [-0.05, 0) is 42.5 Å². The number of ether oxygens (including phenoxy) is 2. The third-order valence-electron chi connectivity index (χ3n) is 4.74. The van der Waals surface area contributed by atoms with E-state index in [4.69, 9.17) is 21.1 Å². The van der Waals surface area contributed by atoms with E-state index in [0.29, 0.717) is 22.9 Å². The predicted octanol–water partition coefficient (Wildman–Crippen LogP) is 4.99. The zero-order valence-corrected chi connectivity index (χ0v) is 19.7. The number of nitrogens with one attached hydrogen (secondary N) is 1. The van der Waals surface area contributed by atoms with Crippen LogP contribution in [0.3, 0.4) is 0 Å². The van der Waals surface area contributed by atoms with Crippen molar-refractivity contribution in [2.45, 2.75) is 4.90 Å². The van der Waals surface area contributed by atoms with E-state index in [1.165, 1.54) is 42.8 Å². The SMILES string of the molecule is C=CCN(c1ccccc1)S(=O)(=O)c1cc(C(=O)Nc2ccc(OC)c(OC)c2)ccc1Cl. The number of benzene rings is 3. The molecule has 0 spiro atoms. The smallest absolute Gasteiger partial charge is 0.266 e. The van der Waals surface area contributed by atoms with Gasteiger partial charge in [-0.25, -0.2) is 8.42 Å². The molecule has 0 saturated carbocycles. The molecule has 0 aliphatic heterocycles. The van der Waals surface area contributed by atoms with Gasteiger partial charge in [0.2, 0.25) is 0 Å². The lowest BCUT2D eigenvalue weighted by Gasteiger charge is -2.24. The van der Waals surface area contributed by atoms with Gasteiger partial charge in [0.05, 0.1) is 31.5 Å². The number of halogens is 1. The Bertz CT molecular complexity index is 1260. The highest BCUT2D eigenvalue weighted by Crippen LogP contribution is 2.31. The molecule has 0 atom stereocenters. The summed E-state index contributed by atoms with van der Waals surface area (Å²) in [7, 11) is -1.08. The maximum absolute atomic E-state index is 13.5. The molecular weight excluding hydrogens is 464 g/mol. The lowest BCUT2D eigenvalue weighted by molar-refractivity contribution is 0.102. The van der Waals surface area contributed by atoms with Crippen molar-refractivity contribution in [3.8, 4) is 11.5 Å². The van der Waals surface area contributed by atoms with Crippen LogP contribution in [-0.2, 0) is 10.0 Å². The quantitative estimate of drug-likeness (QED) is 0.431. The van der Waals surface area contributed by atoms with Gasteiger partial charge in [0.15, 0.2) is 11.5 Å². The van der Waals surface area contributed by atoms with Crippen molar-refractivity contribution >= 4 is 38.9 Å². The molecule has 0 fully saturated rings. The molecule has 3 aromatic carbocycles. The first-order chi connectivity index (χ1) is 15.8. The Balaban J connectivity index is 1.96. The summed E-state index contributed by atoms with van der Waals surface area (Å²) in [4.78, 5) is 12.7. The fourth-order valence-corrected chi connectivity index (χ4v) is 5.07. The van der Waals surface area contributed by atoms with Gasteiger partial charge >= 0.3 is 0 Å². The Morgan fingerprint density at radius 3 is 2.36 bits per heavy atom. The van der Waals surface area contributed by atoms with Crippen molar-refractivity contribution in [2.24, 2.45) is 0 Å². The second-order valence-electron chi connectivity index (χ2n) is 6.83. The van der Waals surface area contributed by atoms with E-state index in [1.54, 1.807) is 48.5 Å². The molecule has 0 heterocycles. The molecule has 0 unspecified atom stereocenters. The van der Waals surface area contributed by atoms with Gasteiger partial charge in [0.1, 0.15) is 4.90 Å². The summed E-state index contributed by atoms with van der Waals surface area (Å²) >= 11 is 6.26. The maximum Gasteiger partial charge on any atom is 0.266 e. The Hall–Kier alpha value is -3.49. The first-order valence-electron chi connectivity index (χ1n) is 9.83. The van der Waals surface area contributed by atoms with Crippen molar-refractivity contribution in [1.82, 2.24) is 0 Å². The van der Waals surface area contributed by atoms with E-state index < -0.39 is 15.9 Å². The molecule has 1 amide bonds. The number of rotatable bonds is 9. The molecule has 7 nitrogen and oxygen atoms in total. The zero-order valence-electron chi connectivity index (χ0n) is 18.1. The second kappa shape index (κ2) is 10.4. The first-order valence-corrected chi connectivity index (χ1v) is 11.6. The van der Waals surface area contributed by atoms with E-state index in [9.17, 15) is 13.2 Å². The summed E-state index contributed by atoms with van der Waals surface area (Å²) in [6.07, 6.45) is 1.48. The fourth-order valence-electron chi connectivity index (χ4n) is 3.13. The van der Waals surface area contributed by atoms with Gasteiger partial charge in [-0.3, -0.25) is 9.10 Å². The van der Waals surface area contributed by atoms with E-state index in [2.05, 4.69) is 11.9 Å². The van der Waals surface area contributed by atoms with Crippen LogP contribution < -0.4 is 19.1 Å². The molecule has 172 valence electrons. The summed E-state index contributed by atoms with van der Waals surface area (Å²) < 4.78 is 38.5. The average molecular weight is 487 g/mol. The summed E-state index contributed by atoms with van der Waals surface area (Å²) in [6, 6.07) is 17.6. The van der Waals surface area contributed by atoms with Gasteiger partial charge in [-0.1, -0.05) is 35.9 Å². The third kappa shape index (κ3) is 5.30. The number of hydrogen-bond acceptors (Lipinski definition) is 5. The van der Waals surface area contributed by atoms with Crippen LogP contribution in [0.1, 0.15) is 10.4 Å². The molecule has 0 radical (unpaired) electrons. The normalized spacial score (nSPS) is 10.9. The number of nitrogens with zero attached hydrogens (tertiary/aromatic N) is 1. The number of anilines is 2. The zero-order chi connectivity index (χ0) is 24.0. The van der Waals surface area contributed by atoms with E-state index in [-0.39, 0.29) is 22.0 Å². The molecule has 9 heteroatoms. The van der Waals surface area contributed by atoms with Crippen LogP contribution in [0.4, 0.5) is 11.4 Å². The molecule has 1 N–H and O–H groups in total. The van der Waals surface area contributed by atoms with Gasteiger partial charge in [-0.2, -0.15) is 0 Å². The summed E-state index contributed by atoms with van der Waals surface area (Å²) in [5, 5.41) is 2.73. The summed E-state index contributed by atoms with van der Waals surface area (Å²) in [5.74, 6) is 0.446. The van der Waals surface area contributed by atoms with E-state index in [0.717, 1.165) is 0 Å². The topological polar surface area (TPSA) is 84.9 Å². The fraction of sp³-hybridized carbons (Fsp3) is 0.125. The monoisotopic (exact) mass is 486 g/mol. The Morgan fingerprint density at radius 1 is 1.03 bits per heavy atom. The number of carbonyl (C=O) groups excluding carboxylic acids is 1. The maximum atomic E-state index is 13.5. The van der Waals surface area contributed by atoms with Crippen LogP contribution in [0.2, 0.25) is 5.02 Å². The van der Waals surface area contributed by atoms with Gasteiger partial charge in [0.25, 0.3) is 15.9 Å². The van der Waals surface area contributed by atoms with E-state index in [1.807, 2.05) is 0 Å². The summed E-state index contributed by atoms with van der Waals surface area (Å²) in [5.41, 5.74) is 1.03. The molecule has 3 aromatic rings. The van der Waals surface area contributed by atoms with Crippen molar-refractivity contribution in [3.63, 3.8) is 0 Å². The van der Waals surface area contributed by atoms with Crippen LogP contribution in [0, 0.1) is 0 Å². The van der Waals surface area contributed by atoms with Crippen molar-refractivity contribution < 1.29 is 22.7 Å². The standard InChI is InChI=1S/C24H23ClN2O5S/c1-4-14-27(19-8-6-5-7-9-19)33(29,30)23-15-17(10-12-20(23)25)24(28)26-18-11-13-21(31-2)22(16-18)32-3/h4-13,15-16H,1,14H2,2-3H3,(H,26,28). The van der Waals surface area contributed by atoms with E-state index >= 15 is 0 Å². The highest BCUT2D eigenvalue weighted by molar-refractivity contribution is 7.93. The van der Waals surface area contributed by atoms with Crippen molar-refractivity contribution in [2.75, 3.05) is 30.4 Å². The van der Waals surface area contributed by atoms with Crippen molar-refractivity contribution in [3.05, 3.63) is 90.0 Å². The molecule has 0 aliphatic rings. The lowest BCUT2D eigenvalue weighted by atomic mass is 10.2. The van der Waals surface area contributed by atoms with Crippen LogP contribution in [0.5, 0.6) is 11.5 Å². The lowest BCUT2D eigenvalue weighted by Crippen LogP contribution is -2.31. The van der Waals surface area contributed by atoms with Crippen LogP contribution in [0.15, 0.2) is 84.3 Å². The number of methoxy groups -OCH3 is 2. The number of carbonyl (C=O) groups is 1. The predicted molar refractivity (Wildman–Crippen MR) is 130 cm³/mol. The molecule has 0 aliphatic carbocycles. The third-order valence-corrected chi connectivity index (χ3v) is 7.02. The highest BCUT2D eigenvalue weighted by atomic mass is 35.5. The number of amides is 1. The summed E-state index contributed by atoms with van der Waals surface area (Å²) in [6.45, 7) is 3.68. The highest BCUT2D eigenvalue weighted by Gasteiger charge is 2.27. The minimum atomic E-state index is -4.08. The number of sulfonamides is 1. The van der Waals surface area contributed by atoms with Crippen molar-refractivity contribution in [1.29, 1.82) is 0 Å². The molecule has 0 aromatic heterocycles. The minimum Gasteiger partial charge on any atom is -0.493 e. The number of hydrogen-bond donors (Lipinski definition) is 1. The molecule has 33 heavy (non-hydrogen) atoms. The van der Waals surface area contributed by atoms with Gasteiger partial charge in [-0.15, -0.1) is 6.58 Å². The second-order valence-corrected chi connectivity index (χ2v) is 9.07. The molecule has 3 rings (SSSR count). The average Bonchev–Trinajstić information content (AvgIpc) is 2.82. The Morgan fingerprint density at radius 2 is 1.73 bits per heavy atom. The molecule has 0 bridgehead atoms. The Kier molecular flexibility index (Phi) is 7.63. The number of para-hydroxylation sites is 1. The minimum absolute atomic E-state index is 0.00246. The Labute approximate surface area is 198 Å². The van der Waals surface area contributed by atoms with Crippen LogP contribution >= 0.6 is 11.6 Å². The van der Waals surface area contributed by atoms with Gasteiger partial charge in [0, 0.05) is 17.3 Å². The van der Waals surface area contributed by atoms with Gasteiger partial charge < -0.3 is 14.8 Å². The molecule has 0 saturated heterocycles. The van der Waals surface area contributed by atoms with Crippen LogP contribution in [-0.4, -0.2) is 35.1 Å². The largest absolute Gasteiger partial charge is 0.493 e. The molecular formula is C24H23ClN2O5S.